The van der Waals surface area contributed by atoms with Gasteiger partial charge in [-0.1, -0.05) is 54.4 Å². The minimum atomic E-state index is -0.0271. The third kappa shape index (κ3) is 10.1. The Labute approximate surface area is 232 Å². The summed E-state index contributed by atoms with van der Waals surface area (Å²) in [5.41, 5.74) is 7.78. The average molecular weight is 524 g/mol. The van der Waals surface area contributed by atoms with Gasteiger partial charge in [0.15, 0.2) is 0 Å². The molecule has 1 heterocycles. The van der Waals surface area contributed by atoms with Crippen LogP contribution in [-0.4, -0.2) is 22.9 Å². The lowest BCUT2D eigenvalue weighted by Gasteiger charge is -2.41. The first kappa shape index (κ1) is 31.9. The number of ether oxygens (including phenoxy) is 1. The van der Waals surface area contributed by atoms with Gasteiger partial charge in [-0.15, -0.1) is 0 Å². The van der Waals surface area contributed by atoms with Gasteiger partial charge in [-0.05, 0) is 110 Å². The third-order valence-corrected chi connectivity index (χ3v) is 7.81. The van der Waals surface area contributed by atoms with Gasteiger partial charge in [0.2, 0.25) is 0 Å². The van der Waals surface area contributed by atoms with E-state index in [2.05, 4.69) is 79.7 Å². The van der Waals surface area contributed by atoms with Crippen molar-refractivity contribution in [1.29, 1.82) is 0 Å². The molecule has 0 saturated heterocycles. The SMILES string of the molecule is CC(C)=CCC/C(C)=C/COc1cc(=O)n(CCCO)c2c1CC(C/C=C(\C)CCC=C(C)C)C(C)(C)C2. The second-order valence-corrected chi connectivity index (χ2v) is 12.4. The lowest BCUT2D eigenvalue weighted by molar-refractivity contribution is 0.183. The van der Waals surface area contributed by atoms with Gasteiger partial charge in [-0.2, -0.15) is 0 Å². The molecule has 0 radical (unpaired) electrons. The molecule has 0 bridgehead atoms. The summed E-state index contributed by atoms with van der Waals surface area (Å²) in [6.07, 6.45) is 16.8. The van der Waals surface area contributed by atoms with Crippen molar-refractivity contribution in [3.05, 3.63) is 74.3 Å². The molecule has 0 spiro atoms. The number of aliphatic hydroxyl groups excluding tert-OH is 1. The Balaban J connectivity index is 2.29. The zero-order chi connectivity index (χ0) is 28.3. The van der Waals surface area contributed by atoms with E-state index in [0.717, 1.165) is 56.4 Å². The largest absolute Gasteiger partial charge is 0.489 e. The normalized spacial score (nSPS) is 17.1. The molecule has 1 aromatic heterocycles. The average Bonchev–Trinajstić information content (AvgIpc) is 2.81. The van der Waals surface area contributed by atoms with E-state index in [0.29, 0.717) is 25.5 Å². The molecular weight excluding hydrogens is 470 g/mol. The molecular formula is C34H53NO3. The van der Waals surface area contributed by atoms with Crippen LogP contribution in [0.3, 0.4) is 0 Å². The summed E-state index contributed by atoms with van der Waals surface area (Å²) < 4.78 is 8.17. The number of aliphatic hydroxyl groups is 1. The van der Waals surface area contributed by atoms with Crippen LogP contribution in [0.1, 0.15) is 105 Å². The Morgan fingerprint density at radius 1 is 1.00 bits per heavy atom. The van der Waals surface area contributed by atoms with Crippen molar-refractivity contribution >= 4 is 0 Å². The first-order valence-electron chi connectivity index (χ1n) is 14.5. The van der Waals surface area contributed by atoms with Gasteiger partial charge >= 0.3 is 0 Å². The summed E-state index contributed by atoms with van der Waals surface area (Å²) >= 11 is 0. The maximum Gasteiger partial charge on any atom is 0.254 e. The Morgan fingerprint density at radius 2 is 1.61 bits per heavy atom. The lowest BCUT2D eigenvalue weighted by Crippen LogP contribution is -2.38. The van der Waals surface area contributed by atoms with Crippen LogP contribution in [0.15, 0.2) is 57.5 Å². The molecule has 1 aliphatic rings. The third-order valence-electron chi connectivity index (χ3n) is 7.81. The lowest BCUT2D eigenvalue weighted by atomic mass is 9.66. The van der Waals surface area contributed by atoms with Crippen LogP contribution in [0, 0.1) is 11.3 Å². The van der Waals surface area contributed by atoms with E-state index in [-0.39, 0.29) is 17.6 Å². The van der Waals surface area contributed by atoms with Gasteiger partial charge < -0.3 is 14.4 Å². The quantitative estimate of drug-likeness (QED) is 0.250. The van der Waals surface area contributed by atoms with E-state index < -0.39 is 0 Å². The summed E-state index contributed by atoms with van der Waals surface area (Å²) in [6.45, 7) is 18.7. The standard InChI is InChI=1S/C34H53NO3/c1-25(2)12-9-14-27(5)16-17-29-22-30-31(24-34(29,7)8)35(19-11-20-36)33(37)23-32(30)38-21-18-28(6)15-10-13-26(3)4/h12-13,16,18,23,29,36H,9-11,14-15,17,19-22,24H2,1-8H3/b27-16+,28-18+. The van der Waals surface area contributed by atoms with Crippen LogP contribution in [0.5, 0.6) is 5.75 Å². The van der Waals surface area contributed by atoms with E-state index in [9.17, 15) is 9.90 Å². The minimum Gasteiger partial charge on any atom is -0.489 e. The van der Waals surface area contributed by atoms with Crippen LogP contribution < -0.4 is 10.3 Å². The molecule has 4 nitrogen and oxygen atoms in total. The zero-order valence-electron chi connectivity index (χ0n) is 25.5. The van der Waals surface area contributed by atoms with Crippen molar-refractivity contribution in [3.8, 4) is 5.75 Å². The molecule has 1 aliphatic carbocycles. The van der Waals surface area contributed by atoms with Crippen molar-refractivity contribution in [2.75, 3.05) is 13.2 Å². The number of nitrogens with zero attached hydrogens (tertiary/aromatic N) is 1. The van der Waals surface area contributed by atoms with E-state index in [1.807, 2.05) is 4.57 Å². The number of hydrogen-bond donors (Lipinski definition) is 1. The molecule has 0 amide bonds. The second kappa shape index (κ2) is 15.3. The Morgan fingerprint density at radius 3 is 2.18 bits per heavy atom. The summed E-state index contributed by atoms with van der Waals surface area (Å²) in [6, 6.07) is 1.68. The van der Waals surface area contributed by atoms with E-state index in [1.54, 1.807) is 6.07 Å². The molecule has 38 heavy (non-hydrogen) atoms. The maximum atomic E-state index is 13.1. The molecule has 0 aliphatic heterocycles. The fraction of sp³-hybridized carbons (Fsp3) is 0.618. The first-order chi connectivity index (χ1) is 17.9. The van der Waals surface area contributed by atoms with Crippen LogP contribution >= 0.6 is 0 Å². The summed E-state index contributed by atoms with van der Waals surface area (Å²) in [7, 11) is 0. The monoisotopic (exact) mass is 523 g/mol. The highest BCUT2D eigenvalue weighted by molar-refractivity contribution is 5.40. The Bertz CT molecular complexity index is 1090. The Kier molecular flexibility index (Phi) is 12.8. The van der Waals surface area contributed by atoms with Gasteiger partial charge in [-0.3, -0.25) is 4.79 Å². The van der Waals surface area contributed by atoms with Crippen LogP contribution in [0.25, 0.3) is 0 Å². The maximum absolute atomic E-state index is 13.1. The fourth-order valence-corrected chi connectivity index (χ4v) is 5.24. The zero-order valence-corrected chi connectivity index (χ0v) is 25.5. The smallest absolute Gasteiger partial charge is 0.254 e. The highest BCUT2D eigenvalue weighted by Gasteiger charge is 2.37. The number of rotatable bonds is 14. The molecule has 4 heteroatoms. The van der Waals surface area contributed by atoms with Crippen LogP contribution in [0.2, 0.25) is 0 Å². The van der Waals surface area contributed by atoms with Crippen molar-refractivity contribution in [3.63, 3.8) is 0 Å². The topological polar surface area (TPSA) is 51.5 Å². The molecule has 1 aromatic rings. The van der Waals surface area contributed by atoms with Crippen LogP contribution in [0.4, 0.5) is 0 Å². The highest BCUT2D eigenvalue weighted by Crippen LogP contribution is 2.44. The summed E-state index contributed by atoms with van der Waals surface area (Å²) in [5, 5.41) is 9.44. The molecule has 0 aromatic carbocycles. The number of allylic oxidation sites excluding steroid dienone is 7. The molecule has 0 saturated carbocycles. The van der Waals surface area contributed by atoms with Crippen molar-refractivity contribution in [2.24, 2.45) is 11.3 Å². The van der Waals surface area contributed by atoms with Gasteiger partial charge in [-0.25, -0.2) is 0 Å². The second-order valence-electron chi connectivity index (χ2n) is 12.4. The summed E-state index contributed by atoms with van der Waals surface area (Å²) in [4.78, 5) is 13.1. The van der Waals surface area contributed by atoms with Crippen molar-refractivity contribution < 1.29 is 9.84 Å². The van der Waals surface area contributed by atoms with Crippen LogP contribution in [-0.2, 0) is 19.4 Å². The predicted molar refractivity (Wildman–Crippen MR) is 162 cm³/mol. The first-order valence-corrected chi connectivity index (χ1v) is 14.5. The summed E-state index contributed by atoms with van der Waals surface area (Å²) in [5.74, 6) is 1.21. The number of fused-ring (bicyclic) bond motifs is 1. The highest BCUT2D eigenvalue weighted by atomic mass is 16.5. The number of pyridine rings is 1. The molecule has 1 unspecified atom stereocenters. The Hall–Kier alpha value is -2.33. The van der Waals surface area contributed by atoms with Gasteiger partial charge in [0.05, 0.1) is 0 Å². The number of hydrogen-bond acceptors (Lipinski definition) is 3. The molecule has 1 N–H and O–H groups in total. The van der Waals surface area contributed by atoms with E-state index in [1.165, 1.54) is 27.9 Å². The van der Waals surface area contributed by atoms with E-state index >= 15 is 0 Å². The molecule has 2 rings (SSSR count). The van der Waals surface area contributed by atoms with Gasteiger partial charge in [0, 0.05) is 30.5 Å². The molecule has 212 valence electrons. The predicted octanol–water partition coefficient (Wildman–Crippen LogP) is 8.13. The fourth-order valence-electron chi connectivity index (χ4n) is 5.24. The van der Waals surface area contributed by atoms with Gasteiger partial charge in [0.1, 0.15) is 12.4 Å². The van der Waals surface area contributed by atoms with Gasteiger partial charge in [0.25, 0.3) is 5.56 Å². The number of aromatic nitrogens is 1. The molecule has 1 atom stereocenters. The van der Waals surface area contributed by atoms with Crippen molar-refractivity contribution in [2.45, 2.75) is 113 Å². The molecule has 0 fully saturated rings. The van der Waals surface area contributed by atoms with E-state index in [4.69, 9.17) is 4.74 Å². The van der Waals surface area contributed by atoms with Crippen molar-refractivity contribution in [1.82, 2.24) is 4.57 Å². The minimum absolute atomic E-state index is 0.0271.